The van der Waals surface area contributed by atoms with Gasteiger partial charge in [0.1, 0.15) is 11.6 Å². The topological polar surface area (TPSA) is 165 Å². The molecule has 7 N–H and O–H groups in total. The molecule has 0 amide bonds. The van der Waals surface area contributed by atoms with Gasteiger partial charge in [0.25, 0.3) is 0 Å². The minimum Gasteiger partial charge on any atom is -0.396 e. The van der Waals surface area contributed by atoms with Crippen LogP contribution >= 0.6 is 0 Å². The van der Waals surface area contributed by atoms with E-state index in [1.165, 1.54) is 11.1 Å². The van der Waals surface area contributed by atoms with E-state index in [1.54, 1.807) is 12.4 Å². The number of benzene rings is 3. The fourth-order valence-corrected chi connectivity index (χ4v) is 5.63. The molecule has 0 saturated carbocycles. The maximum absolute atomic E-state index is 8.98. The number of aromatic nitrogens is 6. The average molecular weight is 627 g/mol. The highest BCUT2D eigenvalue weighted by Crippen LogP contribution is 2.27. The van der Waals surface area contributed by atoms with Crippen molar-refractivity contribution in [1.29, 1.82) is 0 Å². The first kappa shape index (κ1) is 31.4. The fourth-order valence-electron chi connectivity index (χ4n) is 5.63. The van der Waals surface area contributed by atoms with Gasteiger partial charge in [-0.2, -0.15) is 10.2 Å². The van der Waals surface area contributed by atoms with Gasteiger partial charge >= 0.3 is 0 Å². The summed E-state index contributed by atoms with van der Waals surface area (Å²) in [7, 11) is 0. The molecule has 0 unspecified atom stereocenters. The van der Waals surface area contributed by atoms with E-state index in [2.05, 4.69) is 60.7 Å². The van der Waals surface area contributed by atoms with Gasteiger partial charge in [0.05, 0.1) is 29.0 Å². The number of aliphatic hydroxyl groups excluding tert-OH is 1. The molecular formula is C37H38N8O2. The Bertz CT molecular complexity index is 2030. The second kappa shape index (κ2) is 15.1. The number of nitrogen functional groups attached to an aromatic ring is 2. The van der Waals surface area contributed by atoms with Crippen molar-refractivity contribution in [2.75, 3.05) is 24.7 Å². The number of pyridine rings is 2. The maximum Gasteiger partial charge on any atom is 0.124 e. The average Bonchev–Trinajstić information content (AvgIpc) is 3.83. The van der Waals surface area contributed by atoms with Crippen molar-refractivity contribution in [3.8, 4) is 22.5 Å². The summed E-state index contributed by atoms with van der Waals surface area (Å²) in [6.45, 7) is 1.54. The molecular weight excluding hydrogens is 588 g/mol. The van der Waals surface area contributed by atoms with Crippen LogP contribution in [0.25, 0.3) is 44.3 Å². The van der Waals surface area contributed by atoms with E-state index in [0.717, 1.165) is 75.6 Å². The van der Waals surface area contributed by atoms with E-state index in [4.69, 9.17) is 21.3 Å². The second-order valence-electron chi connectivity index (χ2n) is 11.3. The fraction of sp³-hybridized carbons (Fsp3) is 0.189. The van der Waals surface area contributed by atoms with Crippen LogP contribution in [0, 0.1) is 0 Å². The molecule has 7 rings (SSSR count). The lowest BCUT2D eigenvalue weighted by atomic mass is 10.0. The summed E-state index contributed by atoms with van der Waals surface area (Å²) in [4.78, 5) is 8.90. The Morgan fingerprint density at radius 1 is 0.638 bits per heavy atom. The van der Waals surface area contributed by atoms with Gasteiger partial charge in [-0.3, -0.25) is 10.2 Å². The third kappa shape index (κ3) is 7.99. The van der Waals surface area contributed by atoms with Gasteiger partial charge in [0.2, 0.25) is 0 Å². The number of fused-ring (bicyclic) bond motifs is 2. The number of H-pyrrole nitrogens is 2. The van der Waals surface area contributed by atoms with Crippen molar-refractivity contribution in [3.05, 3.63) is 120 Å². The summed E-state index contributed by atoms with van der Waals surface area (Å²) >= 11 is 0. The lowest BCUT2D eigenvalue weighted by molar-refractivity contribution is 0.119. The number of aryl methyl sites for hydroxylation is 2. The Morgan fingerprint density at radius 2 is 1.19 bits per heavy atom. The molecule has 0 saturated heterocycles. The van der Waals surface area contributed by atoms with E-state index in [9.17, 15) is 0 Å². The molecule has 3 aromatic carbocycles. The predicted molar refractivity (Wildman–Crippen MR) is 187 cm³/mol. The van der Waals surface area contributed by atoms with Crippen LogP contribution in [0.3, 0.4) is 0 Å². The monoisotopic (exact) mass is 626 g/mol. The van der Waals surface area contributed by atoms with Crippen LogP contribution in [-0.2, 0) is 24.2 Å². The number of nitrogens with one attached hydrogen (secondary N) is 2. The predicted octanol–water partition coefficient (Wildman–Crippen LogP) is 6.49. The molecule has 0 radical (unpaired) electrons. The Labute approximate surface area is 272 Å². The number of nitrogens with two attached hydrogens (primary N) is 2. The van der Waals surface area contributed by atoms with Crippen LogP contribution in [0.15, 0.2) is 103 Å². The Hall–Kier alpha value is -5.58. The van der Waals surface area contributed by atoms with Gasteiger partial charge in [-0.15, -0.1) is 0 Å². The summed E-state index contributed by atoms with van der Waals surface area (Å²) in [6, 6.07) is 30.3. The van der Waals surface area contributed by atoms with Crippen LogP contribution in [0.2, 0.25) is 0 Å². The van der Waals surface area contributed by atoms with Gasteiger partial charge in [-0.25, -0.2) is 9.97 Å². The minimum absolute atomic E-state index is 0.177. The molecule has 0 aliphatic heterocycles. The molecule has 0 fully saturated rings. The lowest BCUT2D eigenvalue weighted by Crippen LogP contribution is -2.00. The number of hydrogen-bond donors (Lipinski definition) is 5. The van der Waals surface area contributed by atoms with Crippen LogP contribution in [0.5, 0.6) is 0 Å². The van der Waals surface area contributed by atoms with Crippen molar-refractivity contribution in [2.24, 2.45) is 0 Å². The molecule has 7 aromatic rings. The third-order valence-electron chi connectivity index (χ3n) is 7.90. The summed E-state index contributed by atoms with van der Waals surface area (Å²) in [6.07, 6.45) is 6.82. The van der Waals surface area contributed by atoms with E-state index in [-0.39, 0.29) is 6.61 Å². The molecule has 10 heteroatoms. The Kier molecular flexibility index (Phi) is 10.1. The number of aromatic amines is 2. The maximum atomic E-state index is 8.98. The summed E-state index contributed by atoms with van der Waals surface area (Å²) < 4.78 is 5.79. The SMILES string of the molecule is Nc1cc(CCCO)c2ccc(-c3ccn[nH]3)cc2n1.Nc1cc(CCCOCc2ccccc2)c2ccc(-c3ccn[nH]3)cc2n1. The van der Waals surface area contributed by atoms with E-state index < -0.39 is 0 Å². The lowest BCUT2D eigenvalue weighted by Gasteiger charge is -2.10. The smallest absolute Gasteiger partial charge is 0.124 e. The van der Waals surface area contributed by atoms with E-state index >= 15 is 0 Å². The van der Waals surface area contributed by atoms with Gasteiger partial charge in [0, 0.05) is 47.5 Å². The van der Waals surface area contributed by atoms with E-state index in [0.29, 0.717) is 24.8 Å². The van der Waals surface area contributed by atoms with Crippen LogP contribution in [0.4, 0.5) is 11.6 Å². The zero-order valence-corrected chi connectivity index (χ0v) is 26.1. The molecule has 10 nitrogen and oxygen atoms in total. The van der Waals surface area contributed by atoms with Crippen molar-refractivity contribution >= 4 is 33.4 Å². The largest absolute Gasteiger partial charge is 0.396 e. The first-order valence-corrected chi connectivity index (χ1v) is 15.7. The highest BCUT2D eigenvalue weighted by molar-refractivity contribution is 5.88. The zero-order chi connectivity index (χ0) is 32.4. The molecule has 0 aliphatic rings. The standard InChI is InChI=1S/C22H22N4O.C15H16N4O/c23-22-14-17(7-4-12-27-15-16-5-2-1-3-6-16)19-9-8-18(13-21(19)25-22)20-10-11-24-26-20;16-15-9-10(2-1-7-20)12-4-3-11(8-14(12)18-15)13-5-6-17-19-13/h1-3,5-6,8-11,13-14H,4,7,12,15H2,(H2,23,25)(H,24,26);3-6,8-9,20H,1-2,7H2,(H2,16,18)(H,17,19). The first-order valence-electron chi connectivity index (χ1n) is 15.7. The van der Waals surface area contributed by atoms with E-state index in [1.807, 2.05) is 60.7 Å². The summed E-state index contributed by atoms with van der Waals surface area (Å²) in [5.41, 5.74) is 21.2. The summed E-state index contributed by atoms with van der Waals surface area (Å²) in [5, 5.41) is 25.1. The normalized spacial score (nSPS) is 11.1. The number of anilines is 2. The highest BCUT2D eigenvalue weighted by atomic mass is 16.5. The van der Waals surface area contributed by atoms with Crippen molar-refractivity contribution in [1.82, 2.24) is 30.4 Å². The first-order chi connectivity index (χ1) is 23.1. The molecule has 0 spiro atoms. The molecule has 238 valence electrons. The molecule has 0 aliphatic carbocycles. The highest BCUT2D eigenvalue weighted by Gasteiger charge is 2.09. The van der Waals surface area contributed by atoms with Gasteiger partial charge in [-0.05, 0) is 78.8 Å². The quantitative estimate of drug-likeness (QED) is 0.102. The van der Waals surface area contributed by atoms with Crippen molar-refractivity contribution in [3.63, 3.8) is 0 Å². The number of aliphatic hydroxyl groups is 1. The molecule has 47 heavy (non-hydrogen) atoms. The Balaban J connectivity index is 0.000000172. The molecule has 0 bridgehead atoms. The molecule has 4 aromatic heterocycles. The number of nitrogens with zero attached hydrogens (tertiary/aromatic N) is 4. The van der Waals surface area contributed by atoms with Crippen LogP contribution < -0.4 is 11.5 Å². The van der Waals surface area contributed by atoms with Gasteiger partial charge in [-0.1, -0.05) is 54.6 Å². The molecule has 4 heterocycles. The van der Waals surface area contributed by atoms with Crippen molar-refractivity contribution in [2.45, 2.75) is 32.3 Å². The van der Waals surface area contributed by atoms with Gasteiger partial charge < -0.3 is 21.3 Å². The third-order valence-corrected chi connectivity index (χ3v) is 7.90. The number of hydrogen-bond acceptors (Lipinski definition) is 8. The number of ether oxygens (including phenoxy) is 1. The zero-order valence-electron chi connectivity index (χ0n) is 26.1. The molecule has 0 atom stereocenters. The van der Waals surface area contributed by atoms with Crippen LogP contribution in [0.1, 0.15) is 29.5 Å². The summed E-state index contributed by atoms with van der Waals surface area (Å²) in [5.74, 6) is 1.05. The van der Waals surface area contributed by atoms with Gasteiger partial charge in [0.15, 0.2) is 0 Å². The Morgan fingerprint density at radius 3 is 1.70 bits per heavy atom. The second-order valence-corrected chi connectivity index (χ2v) is 11.3. The van der Waals surface area contributed by atoms with Crippen LogP contribution in [-0.4, -0.2) is 48.7 Å². The minimum atomic E-state index is 0.177. The number of rotatable bonds is 11. The van der Waals surface area contributed by atoms with Crippen molar-refractivity contribution < 1.29 is 9.84 Å².